The van der Waals surface area contributed by atoms with Crippen molar-refractivity contribution in [2.75, 3.05) is 6.61 Å². The van der Waals surface area contributed by atoms with Crippen LogP contribution in [0.25, 0.3) is 0 Å². The Bertz CT molecular complexity index is 360. The molecule has 1 aromatic rings. The number of aliphatic hydroxyl groups excluding tert-OH is 1. The molecule has 0 aliphatic heterocycles. The number of nitrogens with one attached hydrogen (secondary N) is 1. The summed E-state index contributed by atoms with van der Waals surface area (Å²) in [5.41, 5.74) is 1.64. The minimum Gasteiger partial charge on any atom is -0.395 e. The molecule has 0 fully saturated rings. The average Bonchev–Trinajstić information content (AvgIpc) is 2.66. The monoisotopic (exact) mass is 236 g/mol. The number of hydrogen-bond acceptors (Lipinski definition) is 5. The Morgan fingerprint density at radius 1 is 1.71 bits per heavy atom. The first kappa shape index (κ1) is 11.6. The van der Waals surface area contributed by atoms with Gasteiger partial charge in [0.05, 0.1) is 17.4 Å². The van der Waals surface area contributed by atoms with Crippen molar-refractivity contribution in [3.63, 3.8) is 0 Å². The highest BCUT2D eigenvalue weighted by Crippen LogP contribution is 2.06. The lowest BCUT2D eigenvalue weighted by atomic mass is 10.5. The number of rotatable bonds is 5. The van der Waals surface area contributed by atoms with E-state index >= 15 is 0 Å². The van der Waals surface area contributed by atoms with Crippen LogP contribution in [0.1, 0.15) is 11.8 Å². The summed E-state index contributed by atoms with van der Waals surface area (Å²) in [6.45, 7) is 1.31. The second kappa shape index (κ2) is 4.83. The van der Waals surface area contributed by atoms with Gasteiger partial charge in [-0.05, 0) is 6.92 Å². The second-order valence-corrected chi connectivity index (χ2v) is 5.98. The maximum atomic E-state index is 11.4. The summed E-state index contributed by atoms with van der Waals surface area (Å²) in [6, 6.07) is 0. The molecule has 0 amide bonds. The van der Waals surface area contributed by atoms with Crippen LogP contribution in [0.15, 0.2) is 11.7 Å². The normalized spacial score (nSPS) is 14.1. The number of sulfonamides is 1. The van der Waals surface area contributed by atoms with Gasteiger partial charge in [-0.1, -0.05) is 0 Å². The van der Waals surface area contributed by atoms with Crippen LogP contribution >= 0.6 is 11.3 Å². The van der Waals surface area contributed by atoms with Crippen molar-refractivity contribution in [1.82, 2.24) is 9.71 Å². The van der Waals surface area contributed by atoms with E-state index in [1.54, 1.807) is 11.7 Å². The van der Waals surface area contributed by atoms with Gasteiger partial charge in [0.2, 0.25) is 10.0 Å². The molecule has 7 heteroatoms. The standard InChI is InChI=1S/C7H12N2O3S2/c1-6(4-10)14(11,12)9-3-7-2-8-5-13-7/h2,5-6,9-10H,3-4H2,1H3. The largest absolute Gasteiger partial charge is 0.395 e. The van der Waals surface area contributed by atoms with E-state index in [0.717, 1.165) is 4.88 Å². The molecule has 0 radical (unpaired) electrons. The van der Waals surface area contributed by atoms with Gasteiger partial charge < -0.3 is 5.11 Å². The zero-order valence-corrected chi connectivity index (χ0v) is 9.31. The van der Waals surface area contributed by atoms with Crippen LogP contribution in [0.3, 0.4) is 0 Å². The van der Waals surface area contributed by atoms with Crippen molar-refractivity contribution in [2.24, 2.45) is 0 Å². The van der Waals surface area contributed by atoms with Crippen molar-refractivity contribution in [1.29, 1.82) is 0 Å². The van der Waals surface area contributed by atoms with Crippen LogP contribution in [0.2, 0.25) is 0 Å². The van der Waals surface area contributed by atoms with E-state index in [1.807, 2.05) is 0 Å². The average molecular weight is 236 g/mol. The van der Waals surface area contributed by atoms with Gasteiger partial charge in [0.1, 0.15) is 0 Å². The molecule has 0 saturated heterocycles. The molecule has 0 spiro atoms. The van der Waals surface area contributed by atoms with Gasteiger partial charge in [0, 0.05) is 17.6 Å². The molecule has 2 N–H and O–H groups in total. The first-order valence-electron chi connectivity index (χ1n) is 4.03. The molecule has 80 valence electrons. The van der Waals surface area contributed by atoms with Gasteiger partial charge in [0.25, 0.3) is 0 Å². The third kappa shape index (κ3) is 3.02. The number of thiazole rings is 1. The first-order valence-corrected chi connectivity index (χ1v) is 6.45. The molecule has 1 heterocycles. The van der Waals surface area contributed by atoms with Crippen LogP contribution in [0.4, 0.5) is 0 Å². The third-order valence-corrected chi connectivity index (χ3v) is 4.25. The van der Waals surface area contributed by atoms with Gasteiger partial charge in [-0.3, -0.25) is 4.98 Å². The van der Waals surface area contributed by atoms with Gasteiger partial charge in [-0.25, -0.2) is 13.1 Å². The molecular formula is C7H12N2O3S2. The molecule has 0 saturated carbocycles. The Balaban J connectivity index is 2.53. The lowest BCUT2D eigenvalue weighted by Gasteiger charge is -2.09. The van der Waals surface area contributed by atoms with Crippen molar-refractivity contribution in [3.8, 4) is 0 Å². The Morgan fingerprint density at radius 3 is 2.93 bits per heavy atom. The molecule has 1 atom stereocenters. The summed E-state index contributed by atoms with van der Waals surface area (Å²) < 4.78 is 25.1. The molecule has 1 aromatic heterocycles. The minimum absolute atomic E-state index is 0.233. The van der Waals surface area contributed by atoms with Crippen LogP contribution in [-0.2, 0) is 16.6 Å². The van der Waals surface area contributed by atoms with Gasteiger partial charge in [-0.15, -0.1) is 11.3 Å². The van der Waals surface area contributed by atoms with Crippen LogP contribution < -0.4 is 4.72 Å². The van der Waals surface area contributed by atoms with E-state index in [4.69, 9.17) is 5.11 Å². The van der Waals surface area contributed by atoms with E-state index < -0.39 is 15.3 Å². The van der Waals surface area contributed by atoms with E-state index in [2.05, 4.69) is 9.71 Å². The summed E-state index contributed by atoms with van der Waals surface area (Å²) in [4.78, 5) is 4.67. The van der Waals surface area contributed by atoms with Gasteiger partial charge in [-0.2, -0.15) is 0 Å². The highest BCUT2D eigenvalue weighted by molar-refractivity contribution is 7.90. The minimum atomic E-state index is -3.41. The summed E-state index contributed by atoms with van der Waals surface area (Å²) in [7, 11) is -3.41. The Hall–Kier alpha value is -0.500. The fourth-order valence-electron chi connectivity index (χ4n) is 0.742. The third-order valence-electron chi connectivity index (χ3n) is 1.72. The Morgan fingerprint density at radius 2 is 2.43 bits per heavy atom. The lowest BCUT2D eigenvalue weighted by molar-refractivity contribution is 0.295. The van der Waals surface area contributed by atoms with E-state index in [-0.39, 0.29) is 13.2 Å². The van der Waals surface area contributed by atoms with E-state index in [0.29, 0.717) is 0 Å². The molecule has 1 unspecified atom stereocenters. The SMILES string of the molecule is CC(CO)S(=O)(=O)NCc1cncs1. The smallest absolute Gasteiger partial charge is 0.216 e. The summed E-state index contributed by atoms with van der Waals surface area (Å²) in [5.74, 6) is 0. The predicted octanol–water partition coefficient (Wildman–Crippen LogP) is -0.0567. The van der Waals surface area contributed by atoms with Crippen LogP contribution in [-0.4, -0.2) is 30.4 Å². The topological polar surface area (TPSA) is 79.3 Å². The zero-order chi connectivity index (χ0) is 10.6. The summed E-state index contributed by atoms with van der Waals surface area (Å²) >= 11 is 1.38. The van der Waals surface area contributed by atoms with Gasteiger partial charge >= 0.3 is 0 Å². The zero-order valence-electron chi connectivity index (χ0n) is 7.67. The van der Waals surface area contributed by atoms with E-state index in [9.17, 15) is 8.42 Å². The van der Waals surface area contributed by atoms with Crippen LogP contribution in [0.5, 0.6) is 0 Å². The van der Waals surface area contributed by atoms with E-state index in [1.165, 1.54) is 18.3 Å². The second-order valence-electron chi connectivity index (χ2n) is 2.83. The Kier molecular flexibility index (Phi) is 3.99. The van der Waals surface area contributed by atoms with Crippen molar-refractivity contribution in [2.45, 2.75) is 18.7 Å². The van der Waals surface area contributed by atoms with Gasteiger partial charge in [0.15, 0.2) is 0 Å². The van der Waals surface area contributed by atoms with Crippen LogP contribution in [0, 0.1) is 0 Å². The number of aromatic nitrogens is 1. The molecule has 0 aliphatic rings. The fraction of sp³-hybridized carbons (Fsp3) is 0.571. The molecule has 5 nitrogen and oxygen atoms in total. The van der Waals surface area contributed by atoms with Crippen molar-refractivity contribution < 1.29 is 13.5 Å². The lowest BCUT2D eigenvalue weighted by Crippen LogP contribution is -2.34. The number of nitrogens with zero attached hydrogens (tertiary/aromatic N) is 1. The molecule has 0 aliphatic carbocycles. The highest BCUT2D eigenvalue weighted by atomic mass is 32.2. The first-order chi connectivity index (χ1) is 6.56. The van der Waals surface area contributed by atoms with Crippen molar-refractivity contribution >= 4 is 21.4 Å². The predicted molar refractivity (Wildman–Crippen MR) is 54.4 cm³/mol. The molecule has 1 rings (SSSR count). The number of aliphatic hydroxyl groups is 1. The maximum Gasteiger partial charge on any atom is 0.216 e. The summed E-state index contributed by atoms with van der Waals surface area (Å²) in [6.07, 6.45) is 1.61. The number of hydrogen-bond donors (Lipinski definition) is 2. The van der Waals surface area contributed by atoms with Crippen molar-refractivity contribution in [3.05, 3.63) is 16.6 Å². The molecule has 14 heavy (non-hydrogen) atoms. The highest BCUT2D eigenvalue weighted by Gasteiger charge is 2.18. The Labute approximate surface area is 86.9 Å². The maximum absolute atomic E-state index is 11.4. The molecular weight excluding hydrogens is 224 g/mol. The molecule has 0 bridgehead atoms. The quantitative estimate of drug-likeness (QED) is 0.751. The summed E-state index contributed by atoms with van der Waals surface area (Å²) in [5, 5.41) is 7.92. The molecule has 0 aromatic carbocycles. The fourth-order valence-corrected chi connectivity index (χ4v) is 2.20.